The molecule has 0 bridgehead atoms. The molecular weight excluding hydrogens is 385 g/mol. The fraction of sp³-hybridized carbons (Fsp3) is 0.524. The number of aliphatic hydroxyl groups is 1. The molecule has 1 N–H and O–H groups in total. The third-order valence-electron chi connectivity index (χ3n) is 5.25. The van der Waals surface area contributed by atoms with Crippen molar-refractivity contribution in [1.29, 1.82) is 0 Å². The lowest BCUT2D eigenvalue weighted by Gasteiger charge is -2.39. The van der Waals surface area contributed by atoms with E-state index in [1.807, 2.05) is 26.8 Å². The van der Waals surface area contributed by atoms with Crippen molar-refractivity contribution >= 4 is 11.0 Å². The lowest BCUT2D eigenvalue weighted by molar-refractivity contribution is -0.141. The van der Waals surface area contributed by atoms with Gasteiger partial charge >= 0.3 is 6.18 Å². The molecule has 2 atom stereocenters. The van der Waals surface area contributed by atoms with E-state index < -0.39 is 23.0 Å². The quantitative estimate of drug-likeness (QED) is 0.759. The van der Waals surface area contributed by atoms with Gasteiger partial charge in [-0.25, -0.2) is 4.98 Å². The van der Waals surface area contributed by atoms with Crippen molar-refractivity contribution in [2.24, 2.45) is 0 Å². The molecule has 3 heterocycles. The van der Waals surface area contributed by atoms with Crippen LogP contribution in [0.4, 0.5) is 13.2 Å². The summed E-state index contributed by atoms with van der Waals surface area (Å²) < 4.78 is 47.0. The summed E-state index contributed by atoms with van der Waals surface area (Å²) >= 11 is 0. The number of aryl methyl sites for hydroxylation is 1. The van der Waals surface area contributed by atoms with Crippen LogP contribution in [-0.2, 0) is 12.7 Å². The summed E-state index contributed by atoms with van der Waals surface area (Å²) in [5.74, 6) is -0.00193. The third kappa shape index (κ3) is 3.90. The molecule has 0 unspecified atom stereocenters. The van der Waals surface area contributed by atoms with Gasteiger partial charge in [-0.15, -0.1) is 0 Å². The second kappa shape index (κ2) is 7.48. The van der Waals surface area contributed by atoms with E-state index in [1.54, 1.807) is 6.92 Å². The number of ether oxygens (including phenoxy) is 1. The first kappa shape index (κ1) is 21.4. The van der Waals surface area contributed by atoms with Crippen molar-refractivity contribution in [1.82, 2.24) is 9.55 Å². The van der Waals surface area contributed by atoms with E-state index in [-0.39, 0.29) is 30.5 Å². The molecule has 0 spiro atoms. The highest BCUT2D eigenvalue weighted by molar-refractivity contribution is 5.85. The highest BCUT2D eigenvalue weighted by Gasteiger charge is 2.40. The number of hydrogen-bond acceptors (Lipinski definition) is 4. The van der Waals surface area contributed by atoms with Crippen molar-refractivity contribution < 1.29 is 23.0 Å². The Balaban J connectivity index is 2.38. The second-order valence-corrected chi connectivity index (χ2v) is 7.94. The zero-order valence-electron chi connectivity index (χ0n) is 16.9. The number of allylic oxidation sites excluding steroid dienone is 2. The van der Waals surface area contributed by atoms with Crippen LogP contribution in [-0.4, -0.2) is 26.9 Å². The minimum Gasteiger partial charge on any atom is -0.486 e. The van der Waals surface area contributed by atoms with Crippen LogP contribution < -0.4 is 10.3 Å². The predicted molar refractivity (Wildman–Crippen MR) is 104 cm³/mol. The second-order valence-electron chi connectivity index (χ2n) is 7.94. The summed E-state index contributed by atoms with van der Waals surface area (Å²) in [6.07, 6.45) is -1.81. The fourth-order valence-corrected chi connectivity index (χ4v) is 3.99. The molecule has 0 aliphatic carbocycles. The Bertz CT molecular complexity index is 1020. The van der Waals surface area contributed by atoms with E-state index in [2.05, 4.69) is 4.98 Å². The number of hydrogen-bond donors (Lipinski definition) is 1. The Morgan fingerprint density at radius 1 is 1.41 bits per heavy atom. The number of fused-ring (bicyclic) bond motifs is 3. The summed E-state index contributed by atoms with van der Waals surface area (Å²) in [4.78, 5) is 17.0. The van der Waals surface area contributed by atoms with Crippen molar-refractivity contribution in [3.63, 3.8) is 0 Å². The van der Waals surface area contributed by atoms with Crippen molar-refractivity contribution in [2.75, 3.05) is 6.61 Å². The van der Waals surface area contributed by atoms with E-state index in [9.17, 15) is 23.1 Å². The van der Waals surface area contributed by atoms with Crippen molar-refractivity contribution in [3.05, 3.63) is 45.4 Å². The van der Waals surface area contributed by atoms with Crippen LogP contribution in [0.2, 0.25) is 0 Å². The first-order valence-corrected chi connectivity index (χ1v) is 9.60. The minimum atomic E-state index is -4.62. The largest absolute Gasteiger partial charge is 0.486 e. The highest BCUT2D eigenvalue weighted by atomic mass is 19.4. The zero-order chi connectivity index (χ0) is 21.6. The number of alkyl halides is 3. The summed E-state index contributed by atoms with van der Waals surface area (Å²) in [7, 11) is 0. The molecule has 0 fully saturated rings. The average molecular weight is 410 g/mol. The predicted octanol–water partition coefficient (Wildman–Crippen LogP) is 4.41. The highest BCUT2D eigenvalue weighted by Crippen LogP contribution is 2.45. The Hall–Kier alpha value is -2.35. The molecule has 0 saturated heterocycles. The maximum atomic E-state index is 13.3. The summed E-state index contributed by atoms with van der Waals surface area (Å²) in [5, 5.41) is 9.84. The van der Waals surface area contributed by atoms with Gasteiger partial charge in [-0.05, 0) is 46.2 Å². The maximum absolute atomic E-state index is 13.3. The van der Waals surface area contributed by atoms with Gasteiger partial charge in [0.2, 0.25) is 0 Å². The first-order chi connectivity index (χ1) is 13.5. The Morgan fingerprint density at radius 3 is 2.66 bits per heavy atom. The molecule has 0 saturated carbocycles. The standard InChI is InChI=1S/C21H25F3N2O3/c1-5-26-18-14(6-7-15(25-18)21(22,23)24)17-16(19(26)28)13(10-12(2)3)11-20(4,29-17)8-9-27/h6-7,10,13,27H,5,8-9,11H2,1-4H3/t13-,20+/m1/s1. The smallest absolute Gasteiger partial charge is 0.433 e. The zero-order valence-corrected chi connectivity index (χ0v) is 16.9. The lowest BCUT2D eigenvalue weighted by atomic mass is 9.81. The normalized spacial score (nSPS) is 21.6. The van der Waals surface area contributed by atoms with Crippen molar-refractivity contribution in [3.8, 4) is 5.75 Å². The lowest BCUT2D eigenvalue weighted by Crippen LogP contribution is -2.42. The van der Waals surface area contributed by atoms with E-state index >= 15 is 0 Å². The molecule has 0 radical (unpaired) electrons. The molecule has 5 nitrogen and oxygen atoms in total. The van der Waals surface area contributed by atoms with Crippen LogP contribution >= 0.6 is 0 Å². The summed E-state index contributed by atoms with van der Waals surface area (Å²) in [5.41, 5.74) is -0.800. The molecule has 29 heavy (non-hydrogen) atoms. The summed E-state index contributed by atoms with van der Waals surface area (Å²) in [6, 6.07) is 2.23. The number of aromatic nitrogens is 2. The maximum Gasteiger partial charge on any atom is 0.433 e. The number of pyridine rings is 2. The SMILES string of the molecule is CCn1c(=O)c2c(c3ccc(C(F)(F)F)nc31)O[C@@](C)(CCO)C[C@H]2C=C(C)C. The third-order valence-corrected chi connectivity index (χ3v) is 5.25. The number of aliphatic hydroxyl groups excluding tert-OH is 1. The monoisotopic (exact) mass is 410 g/mol. The first-order valence-electron chi connectivity index (χ1n) is 9.60. The Labute approximate surface area is 166 Å². The Kier molecular flexibility index (Phi) is 5.51. The van der Waals surface area contributed by atoms with Gasteiger partial charge < -0.3 is 9.84 Å². The molecule has 2 aromatic heterocycles. The molecule has 158 valence electrons. The van der Waals surface area contributed by atoms with E-state index in [4.69, 9.17) is 4.74 Å². The van der Waals surface area contributed by atoms with E-state index in [0.29, 0.717) is 23.8 Å². The van der Waals surface area contributed by atoms with Gasteiger partial charge in [0.15, 0.2) is 0 Å². The number of nitrogens with zero attached hydrogens (tertiary/aromatic N) is 2. The Morgan fingerprint density at radius 2 is 2.10 bits per heavy atom. The molecule has 0 amide bonds. The molecular formula is C21H25F3N2O3. The van der Waals surface area contributed by atoms with Gasteiger partial charge in [0.05, 0.1) is 10.9 Å². The molecule has 8 heteroatoms. The van der Waals surface area contributed by atoms with Gasteiger partial charge in [-0.2, -0.15) is 13.2 Å². The van der Waals surface area contributed by atoms with Gasteiger partial charge in [0.25, 0.3) is 5.56 Å². The van der Waals surface area contributed by atoms with Crippen LogP contribution in [0.3, 0.4) is 0 Å². The van der Waals surface area contributed by atoms with Gasteiger partial charge in [0, 0.05) is 25.5 Å². The van der Waals surface area contributed by atoms with Gasteiger partial charge in [0.1, 0.15) is 22.7 Å². The van der Waals surface area contributed by atoms with Gasteiger partial charge in [-0.1, -0.05) is 11.6 Å². The molecule has 2 aromatic rings. The van der Waals surface area contributed by atoms with Crippen LogP contribution in [0, 0.1) is 0 Å². The molecule has 3 rings (SSSR count). The fourth-order valence-electron chi connectivity index (χ4n) is 3.99. The van der Waals surface area contributed by atoms with E-state index in [1.165, 1.54) is 10.6 Å². The minimum absolute atomic E-state index is 0.0460. The number of halogens is 3. The molecule has 0 aromatic carbocycles. The van der Waals surface area contributed by atoms with Crippen LogP contribution in [0.1, 0.15) is 57.7 Å². The number of rotatable bonds is 4. The van der Waals surface area contributed by atoms with Crippen LogP contribution in [0.5, 0.6) is 5.75 Å². The average Bonchev–Trinajstić information content (AvgIpc) is 2.60. The molecule has 1 aliphatic heterocycles. The van der Waals surface area contributed by atoms with Crippen LogP contribution in [0.15, 0.2) is 28.6 Å². The van der Waals surface area contributed by atoms with E-state index in [0.717, 1.165) is 11.6 Å². The molecule has 1 aliphatic rings. The van der Waals surface area contributed by atoms with Crippen LogP contribution in [0.25, 0.3) is 11.0 Å². The summed E-state index contributed by atoms with van der Waals surface area (Å²) in [6.45, 7) is 7.47. The topological polar surface area (TPSA) is 64.4 Å². The van der Waals surface area contributed by atoms with Gasteiger partial charge in [-0.3, -0.25) is 9.36 Å². The van der Waals surface area contributed by atoms with Crippen molar-refractivity contribution in [2.45, 2.75) is 64.8 Å².